The van der Waals surface area contributed by atoms with Crippen LogP contribution in [0.15, 0.2) is 71.6 Å². The first-order chi connectivity index (χ1) is 17.8. The molecule has 1 saturated heterocycles. The molecule has 3 aromatic carbocycles. The Hall–Kier alpha value is -3.56. The van der Waals surface area contributed by atoms with E-state index < -0.39 is 33.8 Å². The van der Waals surface area contributed by atoms with Crippen molar-refractivity contribution in [2.75, 3.05) is 11.5 Å². The van der Waals surface area contributed by atoms with Crippen LogP contribution in [0.2, 0.25) is 0 Å². The van der Waals surface area contributed by atoms with Gasteiger partial charge in [-0.2, -0.15) is 4.31 Å². The standard InChI is InChI=1S/C28H28N2O6S/c1-2-36-28(33)20-11-14-22(15-12-20)29-26(31)18-25(27(29)32)30(23-9-5-6-10-23)37(34,35)24-16-13-19-7-3-4-8-21(19)17-24/h3-4,7-8,11-17,23,25H,2,5-6,9-10,18H2,1H3. The zero-order valence-corrected chi connectivity index (χ0v) is 21.3. The van der Waals surface area contributed by atoms with Crippen LogP contribution in [-0.4, -0.2) is 49.2 Å². The minimum atomic E-state index is -4.07. The van der Waals surface area contributed by atoms with Gasteiger partial charge in [-0.25, -0.2) is 18.1 Å². The minimum absolute atomic E-state index is 0.107. The van der Waals surface area contributed by atoms with Crippen LogP contribution in [0.3, 0.4) is 0 Å². The molecule has 1 saturated carbocycles. The third-order valence-electron chi connectivity index (χ3n) is 7.05. The van der Waals surface area contributed by atoms with E-state index in [0.29, 0.717) is 24.1 Å². The number of sulfonamides is 1. The van der Waals surface area contributed by atoms with E-state index in [9.17, 15) is 22.8 Å². The molecule has 0 bridgehead atoms. The Morgan fingerprint density at radius 2 is 1.65 bits per heavy atom. The molecule has 1 unspecified atom stereocenters. The van der Waals surface area contributed by atoms with Gasteiger partial charge >= 0.3 is 5.97 Å². The molecule has 5 rings (SSSR count). The summed E-state index contributed by atoms with van der Waals surface area (Å²) in [6.07, 6.45) is 2.77. The highest BCUT2D eigenvalue weighted by molar-refractivity contribution is 7.89. The molecule has 37 heavy (non-hydrogen) atoms. The number of amides is 2. The lowest BCUT2D eigenvalue weighted by atomic mass is 10.1. The average Bonchev–Trinajstić information content (AvgIpc) is 3.52. The first-order valence-electron chi connectivity index (χ1n) is 12.5. The van der Waals surface area contributed by atoms with Gasteiger partial charge in [0.05, 0.1) is 29.2 Å². The first kappa shape index (κ1) is 25.1. The predicted molar refractivity (Wildman–Crippen MR) is 139 cm³/mol. The molecule has 1 atom stereocenters. The predicted octanol–water partition coefficient (Wildman–Crippen LogP) is 4.28. The van der Waals surface area contributed by atoms with Crippen LogP contribution in [0.1, 0.15) is 49.4 Å². The number of rotatable bonds is 7. The third-order valence-corrected chi connectivity index (χ3v) is 9.00. The van der Waals surface area contributed by atoms with Crippen molar-refractivity contribution in [2.45, 2.75) is 56.0 Å². The highest BCUT2D eigenvalue weighted by Crippen LogP contribution is 2.36. The molecule has 3 aromatic rings. The largest absolute Gasteiger partial charge is 0.462 e. The van der Waals surface area contributed by atoms with E-state index >= 15 is 0 Å². The van der Waals surface area contributed by atoms with Crippen molar-refractivity contribution >= 4 is 44.3 Å². The highest BCUT2D eigenvalue weighted by Gasteiger charge is 2.49. The molecule has 8 nitrogen and oxygen atoms in total. The summed E-state index contributed by atoms with van der Waals surface area (Å²) in [6.45, 7) is 1.93. The van der Waals surface area contributed by atoms with Crippen molar-refractivity contribution in [1.29, 1.82) is 0 Å². The Morgan fingerprint density at radius 1 is 0.973 bits per heavy atom. The lowest BCUT2D eigenvalue weighted by Gasteiger charge is -2.32. The van der Waals surface area contributed by atoms with Crippen LogP contribution < -0.4 is 4.90 Å². The van der Waals surface area contributed by atoms with E-state index in [-0.39, 0.29) is 24.0 Å². The van der Waals surface area contributed by atoms with E-state index in [4.69, 9.17) is 4.74 Å². The van der Waals surface area contributed by atoms with Crippen LogP contribution in [0.25, 0.3) is 10.8 Å². The van der Waals surface area contributed by atoms with Crippen molar-refractivity contribution in [3.63, 3.8) is 0 Å². The van der Waals surface area contributed by atoms with Gasteiger partial charge in [0.25, 0.3) is 5.91 Å². The quantitative estimate of drug-likeness (QED) is 0.340. The summed E-state index contributed by atoms with van der Waals surface area (Å²) < 4.78 is 34.3. The Labute approximate surface area is 215 Å². The molecule has 2 amide bonds. The summed E-state index contributed by atoms with van der Waals surface area (Å²) in [5.41, 5.74) is 0.590. The molecule has 2 aliphatic rings. The summed E-state index contributed by atoms with van der Waals surface area (Å²) in [5, 5.41) is 1.70. The molecule has 9 heteroatoms. The number of ether oxygens (including phenoxy) is 1. The molecular weight excluding hydrogens is 492 g/mol. The first-order valence-corrected chi connectivity index (χ1v) is 13.9. The average molecular weight is 521 g/mol. The van der Waals surface area contributed by atoms with Gasteiger partial charge in [-0.1, -0.05) is 43.2 Å². The molecule has 0 N–H and O–H groups in total. The number of nitrogens with zero attached hydrogens (tertiary/aromatic N) is 2. The van der Waals surface area contributed by atoms with E-state index in [1.165, 1.54) is 28.6 Å². The number of hydrogen-bond acceptors (Lipinski definition) is 6. The molecule has 0 spiro atoms. The van der Waals surface area contributed by atoms with Gasteiger partial charge in [-0.15, -0.1) is 0 Å². The molecule has 1 aliphatic heterocycles. The van der Waals surface area contributed by atoms with Crippen molar-refractivity contribution in [3.8, 4) is 0 Å². The van der Waals surface area contributed by atoms with Gasteiger partial charge < -0.3 is 4.74 Å². The van der Waals surface area contributed by atoms with E-state index in [2.05, 4.69) is 0 Å². The minimum Gasteiger partial charge on any atom is -0.462 e. The smallest absolute Gasteiger partial charge is 0.338 e. The fourth-order valence-electron chi connectivity index (χ4n) is 5.27. The van der Waals surface area contributed by atoms with Gasteiger partial charge in [0.2, 0.25) is 15.9 Å². The number of hydrogen-bond donors (Lipinski definition) is 0. The third kappa shape index (κ3) is 4.65. The van der Waals surface area contributed by atoms with Crippen LogP contribution >= 0.6 is 0 Å². The summed E-state index contributed by atoms with van der Waals surface area (Å²) in [6, 6.07) is 16.9. The Kier molecular flexibility index (Phi) is 6.83. The Morgan fingerprint density at radius 3 is 2.32 bits per heavy atom. The van der Waals surface area contributed by atoms with Crippen molar-refractivity contribution in [1.82, 2.24) is 4.31 Å². The topological polar surface area (TPSA) is 101 Å². The summed E-state index contributed by atoms with van der Waals surface area (Å²) >= 11 is 0. The Bertz CT molecular complexity index is 1460. The van der Waals surface area contributed by atoms with E-state index in [1.807, 2.05) is 24.3 Å². The van der Waals surface area contributed by atoms with Crippen molar-refractivity contribution < 1.29 is 27.5 Å². The normalized spacial score (nSPS) is 18.8. The van der Waals surface area contributed by atoms with Gasteiger partial charge in [-0.05, 0) is 66.9 Å². The van der Waals surface area contributed by atoms with Gasteiger partial charge in [0, 0.05) is 6.04 Å². The van der Waals surface area contributed by atoms with Crippen LogP contribution in [0.5, 0.6) is 0 Å². The molecule has 1 aliphatic carbocycles. The maximum absolute atomic E-state index is 14.0. The summed E-state index contributed by atoms with van der Waals surface area (Å²) in [7, 11) is -4.07. The number of esters is 1. The molecule has 1 heterocycles. The van der Waals surface area contributed by atoms with Crippen LogP contribution in [0.4, 0.5) is 5.69 Å². The SMILES string of the molecule is CCOC(=O)c1ccc(N2C(=O)CC(N(C3CCCC3)S(=O)(=O)c3ccc4ccccc4c3)C2=O)cc1. The number of benzene rings is 3. The molecule has 0 aromatic heterocycles. The zero-order chi connectivity index (χ0) is 26.2. The Balaban J connectivity index is 1.49. The number of carbonyl (C=O) groups excluding carboxylic acids is 3. The number of imide groups is 1. The van der Waals surface area contributed by atoms with Gasteiger partial charge in [0.15, 0.2) is 0 Å². The highest BCUT2D eigenvalue weighted by atomic mass is 32.2. The fourth-order valence-corrected chi connectivity index (χ4v) is 7.14. The van der Waals surface area contributed by atoms with Gasteiger partial charge in [-0.3, -0.25) is 9.59 Å². The lowest BCUT2D eigenvalue weighted by molar-refractivity contribution is -0.122. The fraction of sp³-hybridized carbons (Fsp3) is 0.321. The molecular formula is C28H28N2O6S. The maximum atomic E-state index is 14.0. The van der Waals surface area contributed by atoms with Crippen molar-refractivity contribution in [2.24, 2.45) is 0 Å². The second kappa shape index (κ2) is 10.1. The van der Waals surface area contributed by atoms with E-state index in [1.54, 1.807) is 25.1 Å². The van der Waals surface area contributed by atoms with Crippen LogP contribution in [-0.2, 0) is 24.3 Å². The number of fused-ring (bicyclic) bond motifs is 1. The zero-order valence-electron chi connectivity index (χ0n) is 20.5. The number of carbonyl (C=O) groups is 3. The molecule has 0 radical (unpaired) electrons. The maximum Gasteiger partial charge on any atom is 0.338 e. The van der Waals surface area contributed by atoms with Crippen molar-refractivity contribution in [3.05, 3.63) is 72.3 Å². The second-order valence-corrected chi connectivity index (χ2v) is 11.2. The number of anilines is 1. The summed E-state index contributed by atoms with van der Waals surface area (Å²) in [4.78, 5) is 39.8. The lowest BCUT2D eigenvalue weighted by Crippen LogP contribution is -2.49. The van der Waals surface area contributed by atoms with Crippen LogP contribution in [0, 0.1) is 0 Å². The van der Waals surface area contributed by atoms with E-state index in [0.717, 1.165) is 28.5 Å². The van der Waals surface area contributed by atoms with Gasteiger partial charge in [0.1, 0.15) is 6.04 Å². The summed E-state index contributed by atoms with van der Waals surface area (Å²) in [5.74, 6) is -1.55. The monoisotopic (exact) mass is 520 g/mol. The molecule has 192 valence electrons. The second-order valence-electron chi connectivity index (χ2n) is 9.34. The molecule has 2 fully saturated rings.